The summed E-state index contributed by atoms with van der Waals surface area (Å²) in [7, 11) is 0. The Kier molecular flexibility index (Phi) is 7.39. The van der Waals surface area contributed by atoms with Crippen molar-refractivity contribution in [1.29, 1.82) is 0 Å². The number of amides is 1. The number of hydrogen-bond acceptors (Lipinski definition) is 6. The average Bonchev–Trinajstić information content (AvgIpc) is 3.27. The molecular formula is C24H27ClN4O3. The Bertz CT molecular complexity index is 1030. The summed E-state index contributed by atoms with van der Waals surface area (Å²) in [6.07, 6.45) is 1.61. The minimum atomic E-state index is 0.0235. The number of ether oxygens (including phenoxy) is 1. The Balaban J connectivity index is 1.17. The maximum Gasteiger partial charge on any atom is 0.241 e. The number of hydrogen-bond donors (Lipinski definition) is 1. The van der Waals surface area contributed by atoms with Gasteiger partial charge in [0.15, 0.2) is 0 Å². The Morgan fingerprint density at radius 3 is 2.75 bits per heavy atom. The van der Waals surface area contributed by atoms with Crippen molar-refractivity contribution in [2.75, 3.05) is 26.2 Å². The van der Waals surface area contributed by atoms with Gasteiger partial charge in [-0.1, -0.05) is 46.6 Å². The SMILES string of the molecule is Cc1ccc(OCCNC(=O)C2CCN(Cc3nc(-c4cccc(Cl)c4)no3)CC2)cc1. The standard InChI is InChI=1S/C24H27ClN4O3/c1-17-5-7-21(8-6-17)31-14-11-26-24(30)18-9-12-29(13-10-18)16-22-27-23(28-32-22)19-3-2-4-20(25)15-19/h2-8,15,18H,9-14,16H2,1H3,(H,26,30). The summed E-state index contributed by atoms with van der Waals surface area (Å²) >= 11 is 6.04. The molecule has 0 aliphatic carbocycles. The zero-order valence-electron chi connectivity index (χ0n) is 18.1. The van der Waals surface area contributed by atoms with Gasteiger partial charge >= 0.3 is 0 Å². The summed E-state index contributed by atoms with van der Waals surface area (Å²) in [5.41, 5.74) is 2.02. The van der Waals surface area contributed by atoms with E-state index < -0.39 is 0 Å². The molecule has 0 bridgehead atoms. The van der Waals surface area contributed by atoms with Crippen molar-refractivity contribution in [3.8, 4) is 17.1 Å². The number of halogens is 1. The van der Waals surface area contributed by atoms with E-state index in [2.05, 4.69) is 20.4 Å². The van der Waals surface area contributed by atoms with Gasteiger partial charge in [-0.05, 0) is 57.1 Å². The summed E-state index contributed by atoms with van der Waals surface area (Å²) in [4.78, 5) is 19.2. The van der Waals surface area contributed by atoms with Crippen molar-refractivity contribution in [3.05, 3.63) is 65.0 Å². The van der Waals surface area contributed by atoms with Crippen LogP contribution in [0.4, 0.5) is 0 Å². The van der Waals surface area contributed by atoms with E-state index in [1.54, 1.807) is 0 Å². The molecule has 1 fully saturated rings. The number of nitrogens with one attached hydrogen (secondary N) is 1. The molecule has 1 amide bonds. The Hall–Kier alpha value is -2.90. The van der Waals surface area contributed by atoms with Crippen molar-refractivity contribution >= 4 is 17.5 Å². The van der Waals surface area contributed by atoms with Gasteiger partial charge in [0.05, 0.1) is 13.1 Å². The molecule has 1 aliphatic rings. The number of piperidine rings is 1. The summed E-state index contributed by atoms with van der Waals surface area (Å²) in [6, 6.07) is 15.3. The molecule has 2 aromatic carbocycles. The number of carbonyl (C=O) groups excluding carboxylic acids is 1. The van der Waals surface area contributed by atoms with Crippen molar-refractivity contribution in [2.45, 2.75) is 26.3 Å². The molecule has 0 saturated carbocycles. The topological polar surface area (TPSA) is 80.5 Å². The fraction of sp³-hybridized carbons (Fsp3) is 0.375. The Labute approximate surface area is 192 Å². The lowest BCUT2D eigenvalue weighted by molar-refractivity contribution is -0.126. The van der Waals surface area contributed by atoms with Crippen molar-refractivity contribution < 1.29 is 14.1 Å². The van der Waals surface area contributed by atoms with Crippen LogP contribution in [-0.2, 0) is 11.3 Å². The molecule has 1 saturated heterocycles. The van der Waals surface area contributed by atoms with Gasteiger partial charge in [-0.2, -0.15) is 4.98 Å². The highest BCUT2D eigenvalue weighted by Gasteiger charge is 2.25. The van der Waals surface area contributed by atoms with E-state index in [-0.39, 0.29) is 11.8 Å². The van der Waals surface area contributed by atoms with E-state index in [0.717, 1.165) is 37.2 Å². The van der Waals surface area contributed by atoms with Gasteiger partial charge in [-0.3, -0.25) is 9.69 Å². The van der Waals surface area contributed by atoms with Gasteiger partial charge in [-0.15, -0.1) is 0 Å². The van der Waals surface area contributed by atoms with Gasteiger partial charge in [-0.25, -0.2) is 0 Å². The van der Waals surface area contributed by atoms with Crippen LogP contribution in [0.1, 0.15) is 24.3 Å². The fourth-order valence-corrected chi connectivity index (χ4v) is 3.92. The van der Waals surface area contributed by atoms with Gasteiger partial charge in [0.1, 0.15) is 12.4 Å². The lowest BCUT2D eigenvalue weighted by Crippen LogP contribution is -2.41. The van der Waals surface area contributed by atoms with Crippen LogP contribution in [0, 0.1) is 12.8 Å². The third kappa shape index (κ3) is 6.08. The number of benzene rings is 2. The third-order valence-electron chi connectivity index (χ3n) is 5.56. The first-order chi connectivity index (χ1) is 15.6. The van der Waals surface area contributed by atoms with Crippen LogP contribution < -0.4 is 10.1 Å². The molecule has 1 aromatic heterocycles. The highest BCUT2D eigenvalue weighted by Crippen LogP contribution is 2.22. The first-order valence-electron chi connectivity index (χ1n) is 10.8. The van der Waals surface area contributed by atoms with Crippen molar-refractivity contribution in [3.63, 3.8) is 0 Å². The second kappa shape index (κ2) is 10.6. The van der Waals surface area contributed by atoms with E-state index in [1.807, 2.05) is 55.5 Å². The Morgan fingerprint density at radius 1 is 1.22 bits per heavy atom. The summed E-state index contributed by atoms with van der Waals surface area (Å²) in [5, 5.41) is 7.68. The van der Waals surface area contributed by atoms with Crippen LogP contribution in [0.15, 0.2) is 53.1 Å². The van der Waals surface area contributed by atoms with Crippen LogP contribution in [-0.4, -0.2) is 47.2 Å². The van der Waals surface area contributed by atoms with E-state index >= 15 is 0 Å². The molecule has 0 atom stereocenters. The van der Waals surface area contributed by atoms with E-state index in [0.29, 0.717) is 36.4 Å². The van der Waals surface area contributed by atoms with Crippen LogP contribution >= 0.6 is 11.6 Å². The zero-order chi connectivity index (χ0) is 22.3. The van der Waals surface area contributed by atoms with E-state index in [1.165, 1.54) is 5.56 Å². The molecule has 4 rings (SSSR count). The Morgan fingerprint density at radius 2 is 2.00 bits per heavy atom. The van der Waals surface area contributed by atoms with Crippen LogP contribution in [0.2, 0.25) is 5.02 Å². The second-order valence-electron chi connectivity index (χ2n) is 8.03. The first kappa shape index (κ1) is 22.3. The van der Waals surface area contributed by atoms with Crippen molar-refractivity contribution in [2.24, 2.45) is 5.92 Å². The normalized spacial score (nSPS) is 14.9. The molecule has 0 spiro atoms. The number of nitrogens with zero attached hydrogens (tertiary/aromatic N) is 3. The number of carbonyl (C=O) groups is 1. The minimum Gasteiger partial charge on any atom is -0.492 e. The first-order valence-corrected chi connectivity index (χ1v) is 11.2. The molecular weight excluding hydrogens is 428 g/mol. The monoisotopic (exact) mass is 454 g/mol. The smallest absolute Gasteiger partial charge is 0.241 e. The van der Waals surface area contributed by atoms with E-state index in [9.17, 15) is 4.79 Å². The average molecular weight is 455 g/mol. The molecule has 1 N–H and O–H groups in total. The molecule has 3 aromatic rings. The molecule has 2 heterocycles. The maximum absolute atomic E-state index is 12.5. The molecule has 7 nitrogen and oxygen atoms in total. The highest BCUT2D eigenvalue weighted by atomic mass is 35.5. The molecule has 1 aliphatic heterocycles. The predicted octanol–water partition coefficient (Wildman–Crippen LogP) is 4.11. The fourth-order valence-electron chi connectivity index (χ4n) is 3.73. The number of aromatic nitrogens is 2. The van der Waals surface area contributed by atoms with Gasteiger partial charge < -0.3 is 14.6 Å². The van der Waals surface area contributed by atoms with Crippen LogP contribution in [0.25, 0.3) is 11.4 Å². The molecule has 32 heavy (non-hydrogen) atoms. The van der Waals surface area contributed by atoms with Crippen LogP contribution in [0.5, 0.6) is 5.75 Å². The molecule has 8 heteroatoms. The summed E-state index contributed by atoms with van der Waals surface area (Å²) < 4.78 is 11.1. The number of likely N-dealkylation sites (tertiary alicyclic amines) is 1. The second-order valence-corrected chi connectivity index (χ2v) is 8.46. The van der Waals surface area contributed by atoms with E-state index in [4.69, 9.17) is 20.9 Å². The minimum absolute atomic E-state index is 0.0235. The number of rotatable bonds is 8. The molecule has 0 unspecified atom stereocenters. The van der Waals surface area contributed by atoms with Crippen LogP contribution in [0.3, 0.4) is 0 Å². The lowest BCUT2D eigenvalue weighted by Gasteiger charge is -2.30. The largest absolute Gasteiger partial charge is 0.492 e. The van der Waals surface area contributed by atoms with Crippen molar-refractivity contribution in [1.82, 2.24) is 20.4 Å². The maximum atomic E-state index is 12.5. The van der Waals surface area contributed by atoms with Gasteiger partial charge in [0, 0.05) is 16.5 Å². The third-order valence-corrected chi connectivity index (χ3v) is 5.79. The quantitative estimate of drug-likeness (QED) is 0.516. The number of aryl methyl sites for hydroxylation is 1. The van der Waals surface area contributed by atoms with Gasteiger partial charge in [0.2, 0.25) is 17.6 Å². The lowest BCUT2D eigenvalue weighted by atomic mass is 9.96. The molecule has 168 valence electrons. The summed E-state index contributed by atoms with van der Waals surface area (Å²) in [6.45, 7) is 5.20. The predicted molar refractivity (Wildman–Crippen MR) is 122 cm³/mol. The van der Waals surface area contributed by atoms with Gasteiger partial charge in [0.25, 0.3) is 0 Å². The highest BCUT2D eigenvalue weighted by molar-refractivity contribution is 6.30. The zero-order valence-corrected chi connectivity index (χ0v) is 18.8. The molecule has 0 radical (unpaired) electrons. The summed E-state index contributed by atoms with van der Waals surface area (Å²) in [5.74, 6) is 2.03.